The zero-order chi connectivity index (χ0) is 20.7. The summed E-state index contributed by atoms with van der Waals surface area (Å²) in [6, 6.07) is 15.4. The van der Waals surface area contributed by atoms with Crippen molar-refractivity contribution in [2.75, 3.05) is 18.4 Å². The topological polar surface area (TPSA) is 116 Å². The molecule has 0 aromatic heterocycles. The zero-order valence-electron chi connectivity index (χ0n) is 15.9. The van der Waals surface area contributed by atoms with Crippen molar-refractivity contribution in [3.05, 3.63) is 59.7 Å². The number of nitrogens with zero attached hydrogens (tertiary/aromatic N) is 2. The standard InChI is InChI=1S/C20H24N4O3S/c1-3-24(15(2)17-6-4-16(14-21)5-7-17)13-12-20(25)23-18-8-10-19(11-9-18)28(22,26)27/h4-11,15H,3,12-13H2,1-2H3,(H,23,25)(H2,22,26,27). The predicted molar refractivity (Wildman–Crippen MR) is 108 cm³/mol. The highest BCUT2D eigenvalue weighted by atomic mass is 32.2. The highest BCUT2D eigenvalue weighted by molar-refractivity contribution is 7.89. The van der Waals surface area contributed by atoms with E-state index in [2.05, 4.69) is 23.2 Å². The van der Waals surface area contributed by atoms with Gasteiger partial charge in [-0.05, 0) is 55.4 Å². The summed E-state index contributed by atoms with van der Waals surface area (Å²) in [5.74, 6) is -0.158. The van der Waals surface area contributed by atoms with Gasteiger partial charge in [0.2, 0.25) is 15.9 Å². The number of nitrogens with one attached hydrogen (secondary N) is 1. The Morgan fingerprint density at radius 1 is 1.18 bits per heavy atom. The Morgan fingerprint density at radius 2 is 1.79 bits per heavy atom. The van der Waals surface area contributed by atoms with Gasteiger partial charge in [0, 0.05) is 24.7 Å². The van der Waals surface area contributed by atoms with Crippen LogP contribution in [0.2, 0.25) is 0 Å². The maximum absolute atomic E-state index is 12.2. The number of carbonyl (C=O) groups is 1. The van der Waals surface area contributed by atoms with Gasteiger partial charge in [0.25, 0.3) is 0 Å². The fourth-order valence-corrected chi connectivity index (χ4v) is 3.38. The van der Waals surface area contributed by atoms with Crippen LogP contribution in [0.3, 0.4) is 0 Å². The van der Waals surface area contributed by atoms with Crippen LogP contribution in [0.25, 0.3) is 0 Å². The Kier molecular flexibility index (Phi) is 7.29. The third-order valence-electron chi connectivity index (χ3n) is 4.57. The van der Waals surface area contributed by atoms with Gasteiger partial charge in [0.15, 0.2) is 0 Å². The molecule has 148 valence electrons. The molecule has 1 amide bonds. The van der Waals surface area contributed by atoms with Crippen molar-refractivity contribution in [2.45, 2.75) is 31.2 Å². The summed E-state index contributed by atoms with van der Waals surface area (Å²) < 4.78 is 22.5. The minimum atomic E-state index is -3.75. The Balaban J connectivity index is 1.93. The van der Waals surface area contributed by atoms with E-state index < -0.39 is 10.0 Å². The van der Waals surface area contributed by atoms with Crippen molar-refractivity contribution in [1.29, 1.82) is 5.26 Å². The van der Waals surface area contributed by atoms with Crippen molar-refractivity contribution in [1.82, 2.24) is 4.90 Å². The number of amides is 1. The van der Waals surface area contributed by atoms with E-state index in [1.165, 1.54) is 24.3 Å². The number of hydrogen-bond acceptors (Lipinski definition) is 5. The minimum Gasteiger partial charge on any atom is -0.326 e. The number of hydrogen-bond donors (Lipinski definition) is 2. The van der Waals surface area contributed by atoms with Gasteiger partial charge in [-0.1, -0.05) is 19.1 Å². The summed E-state index contributed by atoms with van der Waals surface area (Å²) in [6.07, 6.45) is 0.297. The lowest BCUT2D eigenvalue weighted by atomic mass is 10.0. The van der Waals surface area contributed by atoms with Crippen LogP contribution in [0.1, 0.15) is 37.4 Å². The van der Waals surface area contributed by atoms with Crippen molar-refractivity contribution < 1.29 is 13.2 Å². The lowest BCUT2D eigenvalue weighted by molar-refractivity contribution is -0.116. The van der Waals surface area contributed by atoms with Crippen LogP contribution in [0, 0.1) is 11.3 Å². The van der Waals surface area contributed by atoms with Gasteiger partial charge in [-0.15, -0.1) is 0 Å². The molecule has 0 fully saturated rings. The highest BCUT2D eigenvalue weighted by Gasteiger charge is 2.16. The van der Waals surface area contributed by atoms with Crippen LogP contribution in [0.15, 0.2) is 53.4 Å². The number of primary sulfonamides is 1. The van der Waals surface area contributed by atoms with E-state index in [9.17, 15) is 13.2 Å². The van der Waals surface area contributed by atoms with Crippen LogP contribution in [-0.2, 0) is 14.8 Å². The molecule has 0 spiro atoms. The maximum Gasteiger partial charge on any atom is 0.238 e. The lowest BCUT2D eigenvalue weighted by Crippen LogP contribution is -2.30. The smallest absolute Gasteiger partial charge is 0.238 e. The summed E-state index contributed by atoms with van der Waals surface area (Å²) in [5.41, 5.74) is 2.22. The van der Waals surface area contributed by atoms with Gasteiger partial charge in [0.1, 0.15) is 0 Å². The molecule has 0 heterocycles. The molecular formula is C20H24N4O3S. The summed E-state index contributed by atoms with van der Waals surface area (Å²) in [5, 5.41) is 16.7. The van der Waals surface area contributed by atoms with E-state index in [0.29, 0.717) is 24.2 Å². The molecule has 2 aromatic carbocycles. The van der Waals surface area contributed by atoms with Crippen LogP contribution in [-0.4, -0.2) is 32.3 Å². The average molecular weight is 401 g/mol. The summed E-state index contributed by atoms with van der Waals surface area (Å²) in [6.45, 7) is 5.44. The molecule has 1 atom stereocenters. The molecule has 28 heavy (non-hydrogen) atoms. The van der Waals surface area contributed by atoms with Crippen molar-refractivity contribution in [2.24, 2.45) is 5.14 Å². The second-order valence-electron chi connectivity index (χ2n) is 6.41. The number of carbonyl (C=O) groups excluding carboxylic acids is 1. The normalized spacial score (nSPS) is 12.4. The molecule has 0 aliphatic heterocycles. The van der Waals surface area contributed by atoms with Gasteiger partial charge in [-0.3, -0.25) is 9.69 Å². The third kappa shape index (κ3) is 5.89. The summed E-state index contributed by atoms with van der Waals surface area (Å²) in [7, 11) is -3.75. The van der Waals surface area contributed by atoms with Crippen LogP contribution < -0.4 is 10.5 Å². The molecule has 3 N–H and O–H groups in total. The lowest BCUT2D eigenvalue weighted by Gasteiger charge is -2.28. The number of anilines is 1. The zero-order valence-corrected chi connectivity index (χ0v) is 16.7. The summed E-state index contributed by atoms with van der Waals surface area (Å²) in [4.78, 5) is 14.4. The molecule has 0 saturated heterocycles. The van der Waals surface area contributed by atoms with Gasteiger partial charge in [0.05, 0.1) is 16.5 Å². The molecule has 2 aromatic rings. The Labute approximate surface area is 165 Å². The molecular weight excluding hydrogens is 376 g/mol. The fourth-order valence-electron chi connectivity index (χ4n) is 2.87. The largest absolute Gasteiger partial charge is 0.326 e. The number of rotatable bonds is 8. The summed E-state index contributed by atoms with van der Waals surface area (Å²) >= 11 is 0. The first kappa shape index (κ1) is 21.6. The second kappa shape index (κ2) is 9.46. The molecule has 0 aliphatic carbocycles. The van der Waals surface area contributed by atoms with E-state index in [4.69, 9.17) is 10.4 Å². The van der Waals surface area contributed by atoms with Crippen LogP contribution in [0.4, 0.5) is 5.69 Å². The van der Waals surface area contributed by atoms with E-state index in [1.807, 2.05) is 19.1 Å². The second-order valence-corrected chi connectivity index (χ2v) is 7.97. The highest BCUT2D eigenvalue weighted by Crippen LogP contribution is 2.21. The molecule has 1 unspecified atom stereocenters. The van der Waals surface area contributed by atoms with E-state index in [-0.39, 0.29) is 16.8 Å². The quantitative estimate of drug-likeness (QED) is 0.706. The van der Waals surface area contributed by atoms with Crippen LogP contribution in [0.5, 0.6) is 0 Å². The SMILES string of the molecule is CCN(CCC(=O)Nc1ccc(S(N)(=O)=O)cc1)C(C)c1ccc(C#N)cc1. The average Bonchev–Trinajstić information content (AvgIpc) is 2.68. The maximum atomic E-state index is 12.2. The molecule has 0 aliphatic rings. The van der Waals surface area contributed by atoms with Crippen molar-refractivity contribution >= 4 is 21.6 Å². The monoisotopic (exact) mass is 400 g/mol. The first-order valence-electron chi connectivity index (χ1n) is 8.91. The van der Waals surface area contributed by atoms with Crippen molar-refractivity contribution in [3.63, 3.8) is 0 Å². The molecule has 0 saturated carbocycles. The van der Waals surface area contributed by atoms with Gasteiger partial charge in [-0.25, -0.2) is 13.6 Å². The van der Waals surface area contributed by atoms with E-state index in [0.717, 1.165) is 12.1 Å². The molecule has 0 bridgehead atoms. The molecule has 2 rings (SSSR count). The van der Waals surface area contributed by atoms with Crippen LogP contribution >= 0.6 is 0 Å². The van der Waals surface area contributed by atoms with E-state index in [1.54, 1.807) is 12.1 Å². The first-order valence-corrected chi connectivity index (χ1v) is 10.5. The minimum absolute atomic E-state index is 0.00102. The predicted octanol–water partition coefficient (Wildman–Crippen LogP) is 2.62. The third-order valence-corrected chi connectivity index (χ3v) is 5.50. The molecule has 8 heteroatoms. The number of sulfonamides is 1. The van der Waals surface area contributed by atoms with Gasteiger partial charge in [-0.2, -0.15) is 5.26 Å². The van der Waals surface area contributed by atoms with Crippen molar-refractivity contribution in [3.8, 4) is 6.07 Å². The van der Waals surface area contributed by atoms with Gasteiger partial charge >= 0.3 is 0 Å². The molecule has 0 radical (unpaired) electrons. The number of benzene rings is 2. The number of nitrogens with two attached hydrogens (primary N) is 1. The fraction of sp³-hybridized carbons (Fsp3) is 0.300. The Morgan fingerprint density at radius 3 is 2.29 bits per heavy atom. The Bertz CT molecular complexity index is 948. The van der Waals surface area contributed by atoms with E-state index >= 15 is 0 Å². The molecule has 7 nitrogen and oxygen atoms in total. The number of nitriles is 1. The first-order chi connectivity index (χ1) is 13.2. The van der Waals surface area contributed by atoms with Gasteiger partial charge < -0.3 is 5.32 Å². The Hall–Kier alpha value is -2.73.